The Morgan fingerprint density at radius 3 is 2.52 bits per heavy atom. The zero-order valence-electron chi connectivity index (χ0n) is 22.3. The third-order valence-corrected chi connectivity index (χ3v) is 7.13. The van der Waals surface area contributed by atoms with E-state index < -0.39 is 0 Å². The van der Waals surface area contributed by atoms with Crippen LogP contribution in [0, 0.1) is 11.3 Å². The zero-order chi connectivity index (χ0) is 27.5. The lowest BCUT2D eigenvalue weighted by atomic mass is 10.2. The normalized spacial score (nSPS) is 14.2. The van der Waals surface area contributed by atoms with Crippen molar-refractivity contribution in [1.29, 1.82) is 5.26 Å². The Morgan fingerprint density at radius 1 is 0.975 bits per heavy atom. The predicted molar refractivity (Wildman–Crippen MR) is 151 cm³/mol. The first-order valence-corrected chi connectivity index (χ1v) is 13.2. The maximum absolute atomic E-state index is 9.90. The number of nitriles is 1. The van der Waals surface area contributed by atoms with Gasteiger partial charge in [-0.05, 0) is 42.5 Å². The molecule has 0 spiro atoms. The van der Waals surface area contributed by atoms with Crippen molar-refractivity contribution < 1.29 is 9.47 Å². The Labute approximate surface area is 231 Å². The van der Waals surface area contributed by atoms with Crippen molar-refractivity contribution in [2.75, 3.05) is 63.7 Å². The standard InChI is InChI=1S/C28H30N10O2/c1-39-16-17-40-22-7-5-20(6-8-22)36-13-10-35(11-14-36)12-15-37-21(19-29)18-23-26(37)33-28(30)38-27(23)32-25(34-38)24-4-2-3-9-31-24/h2-9,18H,10-17H2,1H3,(H2,30,33). The van der Waals surface area contributed by atoms with Crippen LogP contribution in [0.4, 0.5) is 11.6 Å². The number of nitrogens with two attached hydrogens (primary N) is 1. The molecule has 0 unspecified atom stereocenters. The van der Waals surface area contributed by atoms with Gasteiger partial charge in [0.05, 0.1) is 12.0 Å². The maximum Gasteiger partial charge on any atom is 0.225 e. The van der Waals surface area contributed by atoms with Gasteiger partial charge in [-0.2, -0.15) is 14.8 Å². The summed E-state index contributed by atoms with van der Waals surface area (Å²) in [4.78, 5) is 18.4. The van der Waals surface area contributed by atoms with Crippen LogP contribution in [0.1, 0.15) is 5.69 Å². The second-order valence-corrected chi connectivity index (χ2v) is 9.55. The zero-order valence-corrected chi connectivity index (χ0v) is 22.3. The molecule has 2 N–H and O–H groups in total. The second kappa shape index (κ2) is 11.2. The fourth-order valence-corrected chi connectivity index (χ4v) is 5.02. The quantitative estimate of drug-likeness (QED) is 0.279. The number of nitrogens with zero attached hydrogens (tertiary/aromatic N) is 9. The summed E-state index contributed by atoms with van der Waals surface area (Å²) in [6.45, 7) is 6.19. The van der Waals surface area contributed by atoms with E-state index in [9.17, 15) is 5.26 Å². The third kappa shape index (κ3) is 5.00. The van der Waals surface area contributed by atoms with Gasteiger partial charge < -0.3 is 24.7 Å². The molecule has 1 aromatic carbocycles. The molecule has 0 bridgehead atoms. The SMILES string of the molecule is COCCOc1ccc(N2CCN(CCn3c(C#N)cc4c3nc(N)n3nc(-c5ccccn5)nc43)CC2)cc1. The highest BCUT2D eigenvalue weighted by Crippen LogP contribution is 2.26. The monoisotopic (exact) mass is 538 g/mol. The van der Waals surface area contributed by atoms with Crippen molar-refractivity contribution in [2.45, 2.75) is 6.54 Å². The summed E-state index contributed by atoms with van der Waals surface area (Å²) in [6, 6.07) is 17.9. The molecule has 0 saturated carbocycles. The number of rotatable bonds is 9. The van der Waals surface area contributed by atoms with Gasteiger partial charge in [0.1, 0.15) is 35.5 Å². The van der Waals surface area contributed by atoms with E-state index in [0.717, 1.165) is 43.9 Å². The number of fused-ring (bicyclic) bond motifs is 3. The van der Waals surface area contributed by atoms with Gasteiger partial charge in [0.15, 0.2) is 5.65 Å². The summed E-state index contributed by atoms with van der Waals surface area (Å²) < 4.78 is 14.1. The van der Waals surface area contributed by atoms with Crippen molar-refractivity contribution in [3.05, 3.63) is 60.4 Å². The van der Waals surface area contributed by atoms with Gasteiger partial charge in [-0.15, -0.1) is 5.10 Å². The summed E-state index contributed by atoms with van der Waals surface area (Å²) in [6.07, 6.45) is 1.69. The van der Waals surface area contributed by atoms with Crippen molar-refractivity contribution >= 4 is 28.3 Å². The first kappa shape index (κ1) is 25.5. The Hall–Kier alpha value is -4.73. The van der Waals surface area contributed by atoms with E-state index in [-0.39, 0.29) is 5.95 Å². The molecule has 1 saturated heterocycles. The van der Waals surface area contributed by atoms with E-state index in [1.165, 1.54) is 10.2 Å². The first-order chi connectivity index (χ1) is 19.6. The number of anilines is 2. The summed E-state index contributed by atoms with van der Waals surface area (Å²) in [5.74, 6) is 1.51. The molecule has 4 aromatic heterocycles. The van der Waals surface area contributed by atoms with Gasteiger partial charge in [0.2, 0.25) is 11.8 Å². The lowest BCUT2D eigenvalue weighted by molar-refractivity contribution is 0.146. The second-order valence-electron chi connectivity index (χ2n) is 9.55. The van der Waals surface area contributed by atoms with Crippen molar-refractivity contribution in [2.24, 2.45) is 0 Å². The highest BCUT2D eigenvalue weighted by molar-refractivity contribution is 5.92. The number of methoxy groups -OCH3 is 1. The summed E-state index contributed by atoms with van der Waals surface area (Å²) in [5.41, 5.74) is 9.82. The lowest BCUT2D eigenvalue weighted by Gasteiger charge is -2.36. The van der Waals surface area contributed by atoms with Crippen LogP contribution in [-0.2, 0) is 11.3 Å². The molecule has 0 amide bonds. The molecule has 1 aliphatic rings. The fourth-order valence-electron chi connectivity index (χ4n) is 5.02. The molecule has 1 aliphatic heterocycles. The van der Waals surface area contributed by atoms with Crippen LogP contribution in [0.15, 0.2) is 54.7 Å². The molecule has 12 heteroatoms. The molecule has 12 nitrogen and oxygen atoms in total. The van der Waals surface area contributed by atoms with E-state index in [2.05, 4.69) is 48.1 Å². The largest absolute Gasteiger partial charge is 0.491 e. The van der Waals surface area contributed by atoms with Crippen LogP contribution in [0.3, 0.4) is 0 Å². The van der Waals surface area contributed by atoms with E-state index in [1.807, 2.05) is 41.0 Å². The number of hydrogen-bond donors (Lipinski definition) is 1. The molecule has 0 atom stereocenters. The Bertz CT molecular complexity index is 1650. The van der Waals surface area contributed by atoms with E-state index >= 15 is 0 Å². The van der Waals surface area contributed by atoms with E-state index in [0.29, 0.717) is 48.3 Å². The van der Waals surface area contributed by atoms with E-state index in [1.54, 1.807) is 13.3 Å². The molecule has 0 aliphatic carbocycles. The Morgan fingerprint density at radius 2 is 1.80 bits per heavy atom. The van der Waals surface area contributed by atoms with Crippen LogP contribution in [-0.4, -0.2) is 87.1 Å². The Kier molecular flexibility index (Phi) is 7.13. The third-order valence-electron chi connectivity index (χ3n) is 7.13. The molecule has 1 fully saturated rings. The van der Waals surface area contributed by atoms with Crippen molar-refractivity contribution in [1.82, 2.24) is 34.0 Å². The lowest BCUT2D eigenvalue weighted by Crippen LogP contribution is -2.47. The minimum atomic E-state index is 0.213. The number of pyridine rings is 1. The molecular formula is C28H30N10O2. The summed E-state index contributed by atoms with van der Waals surface area (Å²) >= 11 is 0. The predicted octanol–water partition coefficient (Wildman–Crippen LogP) is 2.44. The molecule has 204 valence electrons. The average molecular weight is 539 g/mol. The van der Waals surface area contributed by atoms with Gasteiger partial charge in [0, 0.05) is 58.3 Å². The van der Waals surface area contributed by atoms with Crippen LogP contribution < -0.4 is 15.4 Å². The molecular weight excluding hydrogens is 508 g/mol. The van der Waals surface area contributed by atoms with Crippen molar-refractivity contribution in [3.63, 3.8) is 0 Å². The van der Waals surface area contributed by atoms with Crippen LogP contribution in [0.25, 0.3) is 28.2 Å². The van der Waals surface area contributed by atoms with Crippen LogP contribution >= 0.6 is 0 Å². The summed E-state index contributed by atoms with van der Waals surface area (Å²) in [5, 5.41) is 15.1. The number of ether oxygens (including phenoxy) is 2. The first-order valence-electron chi connectivity index (χ1n) is 13.2. The van der Waals surface area contributed by atoms with Gasteiger partial charge in [-0.25, -0.2) is 4.98 Å². The smallest absolute Gasteiger partial charge is 0.225 e. The summed E-state index contributed by atoms with van der Waals surface area (Å²) in [7, 11) is 1.66. The van der Waals surface area contributed by atoms with Gasteiger partial charge in [-0.3, -0.25) is 9.88 Å². The number of hydrogen-bond acceptors (Lipinski definition) is 10. The van der Waals surface area contributed by atoms with Crippen molar-refractivity contribution in [3.8, 4) is 23.3 Å². The molecule has 40 heavy (non-hydrogen) atoms. The van der Waals surface area contributed by atoms with Crippen LogP contribution in [0.2, 0.25) is 0 Å². The highest BCUT2D eigenvalue weighted by atomic mass is 16.5. The molecule has 0 radical (unpaired) electrons. The maximum atomic E-state index is 9.90. The number of aromatic nitrogens is 6. The van der Waals surface area contributed by atoms with E-state index in [4.69, 9.17) is 15.2 Å². The fraction of sp³-hybridized carbons (Fsp3) is 0.321. The molecule has 5 heterocycles. The average Bonchev–Trinajstić information content (AvgIpc) is 3.60. The number of benzene rings is 1. The number of piperazine rings is 1. The number of nitrogen functional groups attached to an aromatic ring is 1. The van der Waals surface area contributed by atoms with Crippen LogP contribution in [0.5, 0.6) is 5.75 Å². The van der Waals surface area contributed by atoms with Gasteiger partial charge in [0.25, 0.3) is 0 Å². The Balaban J connectivity index is 1.14. The minimum absolute atomic E-state index is 0.213. The molecule has 5 aromatic rings. The minimum Gasteiger partial charge on any atom is -0.491 e. The van der Waals surface area contributed by atoms with Gasteiger partial charge >= 0.3 is 0 Å². The topological polar surface area (TPSA) is 136 Å². The van der Waals surface area contributed by atoms with Gasteiger partial charge in [-0.1, -0.05) is 6.07 Å². The molecule has 6 rings (SSSR count). The highest BCUT2D eigenvalue weighted by Gasteiger charge is 2.21.